The molecule has 2 aromatic rings. The number of aryl methyl sites for hydroxylation is 1. The largest absolute Gasteiger partial charge is 0.381 e. The molecule has 1 aliphatic carbocycles. The second kappa shape index (κ2) is 6.05. The van der Waals surface area contributed by atoms with Crippen LogP contribution in [0.2, 0.25) is 0 Å². The summed E-state index contributed by atoms with van der Waals surface area (Å²) in [6.45, 7) is 1.61. The number of rotatable bonds is 4. The Labute approximate surface area is 138 Å². The van der Waals surface area contributed by atoms with Gasteiger partial charge in [-0.1, -0.05) is 0 Å². The number of amides is 1. The summed E-state index contributed by atoms with van der Waals surface area (Å²) in [6, 6.07) is 0. The Morgan fingerprint density at radius 1 is 1.43 bits per heavy atom. The third-order valence-corrected chi connectivity index (χ3v) is 5.53. The van der Waals surface area contributed by atoms with Crippen LogP contribution in [0.15, 0.2) is 17.9 Å². The lowest BCUT2D eigenvalue weighted by Crippen LogP contribution is -2.16. The first-order valence-corrected chi connectivity index (χ1v) is 8.90. The van der Waals surface area contributed by atoms with Gasteiger partial charge in [-0.25, -0.2) is 9.97 Å². The predicted molar refractivity (Wildman–Crippen MR) is 87.6 cm³/mol. The molecule has 6 nitrogen and oxygen atoms in total. The van der Waals surface area contributed by atoms with Gasteiger partial charge in [0.25, 0.3) is 0 Å². The number of carbonyl (C=O) groups is 1. The molecule has 0 spiro atoms. The van der Waals surface area contributed by atoms with E-state index >= 15 is 0 Å². The van der Waals surface area contributed by atoms with Gasteiger partial charge in [0, 0.05) is 55.3 Å². The van der Waals surface area contributed by atoms with Crippen molar-refractivity contribution in [2.45, 2.75) is 31.1 Å². The zero-order chi connectivity index (χ0) is 15.8. The fourth-order valence-corrected chi connectivity index (χ4v) is 4.05. The fraction of sp³-hybridized carbons (Fsp3) is 0.562. The predicted octanol–water partition coefficient (Wildman–Crippen LogP) is 2.51. The van der Waals surface area contributed by atoms with Crippen LogP contribution in [-0.2, 0) is 16.6 Å². The number of ether oxygens (including phenoxy) is 1. The second-order valence-electron chi connectivity index (χ2n) is 6.33. The Balaban J connectivity index is 1.36. The molecule has 1 N–H and O–H groups in total. The molecule has 7 heteroatoms. The topological polar surface area (TPSA) is 69.0 Å². The molecule has 2 aliphatic rings. The van der Waals surface area contributed by atoms with E-state index in [9.17, 15) is 4.79 Å². The first-order valence-electron chi connectivity index (χ1n) is 8.02. The van der Waals surface area contributed by atoms with Gasteiger partial charge < -0.3 is 14.6 Å². The van der Waals surface area contributed by atoms with Gasteiger partial charge in [-0.05, 0) is 19.3 Å². The minimum absolute atomic E-state index is 0.0424. The van der Waals surface area contributed by atoms with E-state index in [2.05, 4.69) is 20.7 Å². The molecule has 4 rings (SSSR count). The van der Waals surface area contributed by atoms with Crippen molar-refractivity contribution in [1.82, 2.24) is 14.5 Å². The Bertz CT molecular complexity index is 705. The van der Waals surface area contributed by atoms with E-state index in [4.69, 9.17) is 4.74 Å². The van der Waals surface area contributed by atoms with E-state index in [-0.39, 0.29) is 17.7 Å². The van der Waals surface area contributed by atoms with Gasteiger partial charge >= 0.3 is 0 Å². The lowest BCUT2D eigenvalue weighted by Gasteiger charge is -2.19. The number of aromatic nitrogens is 3. The minimum atomic E-state index is 0.0424. The molecule has 1 saturated heterocycles. The van der Waals surface area contributed by atoms with Gasteiger partial charge in [0.2, 0.25) is 5.91 Å². The van der Waals surface area contributed by atoms with Gasteiger partial charge in [-0.15, -0.1) is 11.3 Å². The number of carbonyl (C=O) groups excluding carboxylic acids is 1. The summed E-state index contributed by atoms with van der Waals surface area (Å²) in [4.78, 5) is 21.1. The Morgan fingerprint density at radius 3 is 3.00 bits per heavy atom. The first kappa shape index (κ1) is 14.8. The molecule has 3 heterocycles. The smallest absolute Gasteiger partial charge is 0.229 e. The summed E-state index contributed by atoms with van der Waals surface area (Å²) in [6.07, 6.45) is 6.56. The molecule has 0 bridgehead atoms. The molecule has 1 amide bonds. The number of anilines is 1. The maximum absolute atomic E-state index is 12.4. The van der Waals surface area contributed by atoms with E-state index in [0.29, 0.717) is 11.0 Å². The van der Waals surface area contributed by atoms with Crippen molar-refractivity contribution >= 4 is 22.4 Å². The molecular formula is C16H20N4O2S. The summed E-state index contributed by atoms with van der Waals surface area (Å²) >= 11 is 1.52. The van der Waals surface area contributed by atoms with Crippen molar-refractivity contribution in [3.63, 3.8) is 0 Å². The average Bonchev–Trinajstić information content (AvgIpc) is 3.02. The number of hydrogen-bond acceptors (Lipinski definition) is 5. The first-order chi connectivity index (χ1) is 11.2. The molecule has 0 radical (unpaired) electrons. The van der Waals surface area contributed by atoms with E-state index in [1.54, 1.807) is 6.33 Å². The van der Waals surface area contributed by atoms with Crippen molar-refractivity contribution in [3.05, 3.63) is 29.3 Å². The SMILES string of the molecule is Cn1cncc1[C@@H]1C[C@H]1C(=O)Nc1nc(C2CCOCC2)cs1. The number of imidazole rings is 1. The number of nitrogens with one attached hydrogen (secondary N) is 1. The molecule has 23 heavy (non-hydrogen) atoms. The monoisotopic (exact) mass is 332 g/mol. The summed E-state index contributed by atoms with van der Waals surface area (Å²) < 4.78 is 7.38. The van der Waals surface area contributed by atoms with Crippen LogP contribution >= 0.6 is 11.3 Å². The second-order valence-corrected chi connectivity index (χ2v) is 7.19. The normalized spacial score (nSPS) is 24.6. The zero-order valence-electron chi connectivity index (χ0n) is 13.1. The van der Waals surface area contributed by atoms with Crippen LogP contribution in [0.5, 0.6) is 0 Å². The van der Waals surface area contributed by atoms with Gasteiger partial charge in [0.05, 0.1) is 12.0 Å². The molecule has 0 aromatic carbocycles. The zero-order valence-corrected chi connectivity index (χ0v) is 13.9. The van der Waals surface area contributed by atoms with Crippen molar-refractivity contribution in [2.75, 3.05) is 18.5 Å². The number of thiazole rings is 1. The van der Waals surface area contributed by atoms with Crippen LogP contribution in [-0.4, -0.2) is 33.7 Å². The Morgan fingerprint density at radius 2 is 2.26 bits per heavy atom. The van der Waals surface area contributed by atoms with E-state index in [1.165, 1.54) is 11.3 Å². The lowest BCUT2D eigenvalue weighted by atomic mass is 9.98. The van der Waals surface area contributed by atoms with Crippen molar-refractivity contribution < 1.29 is 9.53 Å². The maximum atomic E-state index is 12.4. The minimum Gasteiger partial charge on any atom is -0.381 e. The van der Waals surface area contributed by atoms with Crippen LogP contribution in [0.4, 0.5) is 5.13 Å². The molecule has 1 saturated carbocycles. The standard InChI is InChI=1S/C16H20N4O2S/c1-20-9-17-7-14(20)11-6-12(11)15(21)19-16-18-13(8-23-16)10-2-4-22-5-3-10/h7-12H,2-6H2,1H3,(H,18,19,21)/t11-,12-/m1/s1. The van der Waals surface area contributed by atoms with Gasteiger partial charge in [-0.2, -0.15) is 0 Å². The summed E-state index contributed by atoms with van der Waals surface area (Å²) in [5.74, 6) is 0.871. The van der Waals surface area contributed by atoms with Crippen LogP contribution < -0.4 is 5.32 Å². The van der Waals surface area contributed by atoms with Crippen LogP contribution in [0.1, 0.15) is 42.5 Å². The van der Waals surface area contributed by atoms with Gasteiger partial charge in [0.15, 0.2) is 5.13 Å². The summed E-state index contributed by atoms with van der Waals surface area (Å²) in [5.41, 5.74) is 2.22. The van der Waals surface area contributed by atoms with Gasteiger partial charge in [-0.3, -0.25) is 4.79 Å². The molecule has 2 atom stereocenters. The van der Waals surface area contributed by atoms with E-state index in [0.717, 1.165) is 43.9 Å². The Kier molecular flexibility index (Phi) is 3.90. The maximum Gasteiger partial charge on any atom is 0.229 e. The number of hydrogen-bond donors (Lipinski definition) is 1. The molecule has 122 valence electrons. The third-order valence-electron chi connectivity index (χ3n) is 4.75. The van der Waals surface area contributed by atoms with E-state index in [1.807, 2.05) is 17.8 Å². The van der Waals surface area contributed by atoms with Crippen LogP contribution in [0.3, 0.4) is 0 Å². The quantitative estimate of drug-likeness (QED) is 0.934. The molecule has 1 aliphatic heterocycles. The highest BCUT2D eigenvalue weighted by atomic mass is 32.1. The van der Waals surface area contributed by atoms with Crippen LogP contribution in [0.25, 0.3) is 0 Å². The average molecular weight is 332 g/mol. The highest BCUT2D eigenvalue weighted by molar-refractivity contribution is 7.13. The number of nitrogens with zero attached hydrogens (tertiary/aromatic N) is 3. The summed E-state index contributed by atoms with van der Waals surface area (Å²) in [7, 11) is 1.97. The highest BCUT2D eigenvalue weighted by Crippen LogP contribution is 2.47. The third kappa shape index (κ3) is 3.03. The molecule has 2 fully saturated rings. The lowest BCUT2D eigenvalue weighted by molar-refractivity contribution is -0.117. The van der Waals surface area contributed by atoms with Gasteiger partial charge in [0.1, 0.15) is 0 Å². The summed E-state index contributed by atoms with van der Waals surface area (Å²) in [5, 5.41) is 5.76. The highest BCUT2D eigenvalue weighted by Gasteiger charge is 2.45. The van der Waals surface area contributed by atoms with Crippen molar-refractivity contribution in [1.29, 1.82) is 0 Å². The van der Waals surface area contributed by atoms with E-state index < -0.39 is 0 Å². The molecule has 0 unspecified atom stereocenters. The molecular weight excluding hydrogens is 312 g/mol. The molecule has 2 aromatic heterocycles. The fourth-order valence-electron chi connectivity index (χ4n) is 3.26. The Hall–Kier alpha value is -1.73. The van der Waals surface area contributed by atoms with Crippen LogP contribution in [0, 0.1) is 5.92 Å². The van der Waals surface area contributed by atoms with Crippen molar-refractivity contribution in [2.24, 2.45) is 13.0 Å². The van der Waals surface area contributed by atoms with Crippen molar-refractivity contribution in [3.8, 4) is 0 Å².